The van der Waals surface area contributed by atoms with Gasteiger partial charge in [-0.1, -0.05) is 13.8 Å². The number of rotatable bonds is 39. The fourth-order valence-corrected chi connectivity index (χ4v) is 11.4. The van der Waals surface area contributed by atoms with Crippen LogP contribution in [0.5, 0.6) is 0 Å². The van der Waals surface area contributed by atoms with Crippen molar-refractivity contribution in [2.75, 3.05) is 55.7 Å². The lowest BCUT2D eigenvalue weighted by Gasteiger charge is -2.33. The van der Waals surface area contributed by atoms with Crippen LogP contribution in [0.3, 0.4) is 0 Å². The molecule has 3 aliphatic heterocycles. The SMILES string of the molecule is CC(C)[C@H](NC(=O)[C@H](CS)NC(=O)[C@H](CS)NC(=O)[C@H](CCCCN)NC(=O)[C@H](CCCN=C(N)N)NC(=O)[C@@H](N)CCC(=O)O)C(=O)N[C@@H](CCC(=O)O)C(=O)N[C@@H](CS)C(=O)N1CCC[C@H]1C(=O)N1CCC[C@H]1C(=O)N[C@@H](CS)C(=O)N1CCC[C@H]1C(=O)O. The number of unbranched alkanes of at least 4 members (excludes halogenated alkanes) is 1. The Kier molecular flexibility index (Phi) is 34.1. The quantitative estimate of drug-likeness (QED) is 0.0118. The van der Waals surface area contributed by atoms with Crippen molar-refractivity contribution in [2.24, 2.45) is 33.8 Å². The van der Waals surface area contributed by atoms with E-state index in [1.165, 1.54) is 28.5 Å². The summed E-state index contributed by atoms with van der Waals surface area (Å²) in [5.74, 6) is -15.0. The Bertz CT molecular complexity index is 2630. The van der Waals surface area contributed by atoms with E-state index in [0.29, 0.717) is 32.1 Å². The molecule has 0 aromatic carbocycles. The predicted molar refractivity (Wildman–Crippen MR) is 342 cm³/mol. The molecule has 11 amide bonds. The number of aliphatic carboxylic acids is 3. The number of likely N-dealkylation sites (tertiary alicyclic amines) is 3. The molecule has 512 valence electrons. The fourth-order valence-electron chi connectivity index (χ4n) is 10.4. The molecule has 3 fully saturated rings. The maximum absolute atomic E-state index is 14.3. The van der Waals surface area contributed by atoms with E-state index in [1.807, 2.05) is 0 Å². The molecule has 0 aromatic heterocycles. The minimum absolute atomic E-state index is 0.00712. The summed E-state index contributed by atoms with van der Waals surface area (Å²) in [5, 5.41) is 48.5. The molecule has 3 heterocycles. The maximum Gasteiger partial charge on any atom is 0.326 e. The summed E-state index contributed by atoms with van der Waals surface area (Å²) < 4.78 is 0. The maximum atomic E-state index is 14.3. The van der Waals surface area contributed by atoms with Crippen LogP contribution in [-0.4, -0.2) is 247 Å². The first kappa shape index (κ1) is 78.4. The summed E-state index contributed by atoms with van der Waals surface area (Å²) in [5.41, 5.74) is 22.4. The second-order valence-corrected chi connectivity index (χ2v) is 24.0. The smallest absolute Gasteiger partial charge is 0.326 e. The number of amides is 11. The first-order valence-electron chi connectivity index (χ1n) is 30.0. The normalized spacial score (nSPS) is 19.2. The van der Waals surface area contributed by atoms with Gasteiger partial charge in [0.05, 0.1) is 6.04 Å². The van der Waals surface area contributed by atoms with Gasteiger partial charge in [0.25, 0.3) is 0 Å². The number of nitrogens with zero attached hydrogens (tertiary/aromatic N) is 4. The van der Waals surface area contributed by atoms with E-state index >= 15 is 0 Å². The Balaban J connectivity index is 1.74. The van der Waals surface area contributed by atoms with Crippen molar-refractivity contribution < 1.29 is 82.4 Å². The average molecular weight is 1360 g/mol. The van der Waals surface area contributed by atoms with E-state index < -0.39 is 181 Å². The Morgan fingerprint density at radius 1 is 0.484 bits per heavy atom. The lowest BCUT2D eigenvalue weighted by Crippen LogP contribution is -2.62. The number of aliphatic imine (C=N–C) groups is 1. The summed E-state index contributed by atoms with van der Waals surface area (Å²) in [4.78, 5) is 195. The Morgan fingerprint density at radius 3 is 1.38 bits per heavy atom. The van der Waals surface area contributed by atoms with Crippen molar-refractivity contribution in [3.63, 3.8) is 0 Å². The van der Waals surface area contributed by atoms with Gasteiger partial charge in [0.1, 0.15) is 66.5 Å². The Hall–Kier alpha value is -6.83. The molecule has 3 aliphatic rings. The van der Waals surface area contributed by atoms with Gasteiger partial charge >= 0.3 is 17.9 Å². The zero-order valence-corrected chi connectivity index (χ0v) is 54.5. The van der Waals surface area contributed by atoms with Crippen LogP contribution in [0, 0.1) is 5.92 Å². The topological polar surface area (TPSA) is 522 Å². The molecule has 0 aromatic rings. The van der Waals surface area contributed by atoms with Crippen LogP contribution >= 0.6 is 50.5 Å². The van der Waals surface area contributed by atoms with Crippen LogP contribution in [-0.2, 0) is 67.1 Å². The van der Waals surface area contributed by atoms with E-state index in [-0.39, 0.29) is 107 Å². The van der Waals surface area contributed by atoms with Gasteiger partial charge in [-0.2, -0.15) is 50.5 Å². The molecule has 0 aliphatic carbocycles. The number of carbonyl (C=O) groups excluding carboxylic acids is 11. The molecule has 0 unspecified atom stereocenters. The third-order valence-corrected chi connectivity index (χ3v) is 16.9. The highest BCUT2D eigenvalue weighted by Crippen LogP contribution is 2.27. The number of hydrogen-bond donors (Lipinski definition) is 19. The molecule has 37 heteroatoms. The van der Waals surface area contributed by atoms with Crippen LogP contribution in [0.25, 0.3) is 0 Å². The zero-order valence-electron chi connectivity index (χ0n) is 50.9. The molecular formula is C54H90N16O17S4. The largest absolute Gasteiger partial charge is 0.481 e. The zero-order chi connectivity index (χ0) is 68.2. The van der Waals surface area contributed by atoms with E-state index in [0.717, 1.165) is 0 Å². The van der Waals surface area contributed by atoms with E-state index in [4.69, 9.17) is 28.0 Å². The molecule has 0 saturated carbocycles. The molecule has 12 atom stereocenters. The molecule has 0 spiro atoms. The van der Waals surface area contributed by atoms with Gasteiger partial charge in [-0.3, -0.25) is 67.3 Å². The van der Waals surface area contributed by atoms with Crippen molar-refractivity contribution >= 4 is 139 Å². The van der Waals surface area contributed by atoms with Crippen molar-refractivity contribution in [1.29, 1.82) is 0 Å². The van der Waals surface area contributed by atoms with Gasteiger partial charge in [0.15, 0.2) is 5.96 Å². The van der Waals surface area contributed by atoms with Crippen LogP contribution in [0.4, 0.5) is 0 Å². The van der Waals surface area contributed by atoms with Crippen molar-refractivity contribution in [1.82, 2.24) is 57.2 Å². The highest BCUT2D eigenvalue weighted by atomic mass is 32.1. The van der Waals surface area contributed by atoms with Crippen LogP contribution in [0.15, 0.2) is 4.99 Å². The molecular weight excluding hydrogens is 1270 g/mol. The van der Waals surface area contributed by atoms with Gasteiger partial charge in [0.2, 0.25) is 65.0 Å². The van der Waals surface area contributed by atoms with E-state index in [9.17, 15) is 77.3 Å². The monoisotopic (exact) mass is 1360 g/mol. The molecule has 33 nitrogen and oxygen atoms in total. The third-order valence-electron chi connectivity index (χ3n) is 15.4. The van der Waals surface area contributed by atoms with Crippen LogP contribution in [0.2, 0.25) is 0 Å². The van der Waals surface area contributed by atoms with E-state index in [1.54, 1.807) is 0 Å². The third kappa shape index (κ3) is 24.6. The first-order chi connectivity index (χ1) is 43.0. The van der Waals surface area contributed by atoms with Crippen LogP contribution in [0.1, 0.15) is 110 Å². The minimum Gasteiger partial charge on any atom is -0.481 e. The van der Waals surface area contributed by atoms with Crippen molar-refractivity contribution in [3.8, 4) is 0 Å². The number of hydrogen-bond acceptors (Lipinski definition) is 21. The van der Waals surface area contributed by atoms with Gasteiger partial charge in [-0.25, -0.2) is 4.79 Å². The second-order valence-electron chi connectivity index (χ2n) is 22.5. The second kappa shape index (κ2) is 39.5. The molecule has 19 N–H and O–H groups in total. The number of guanidine groups is 1. The number of carbonyl (C=O) groups is 14. The summed E-state index contributed by atoms with van der Waals surface area (Å²) in [6.07, 6.45) is 0.852. The summed E-state index contributed by atoms with van der Waals surface area (Å²) >= 11 is 17.0. The lowest BCUT2D eigenvalue weighted by molar-refractivity contribution is -0.150. The summed E-state index contributed by atoms with van der Waals surface area (Å²) in [6.45, 7) is 3.72. The molecule has 3 saturated heterocycles. The van der Waals surface area contributed by atoms with Crippen LogP contribution < -0.4 is 65.5 Å². The average Bonchev–Trinajstić information content (AvgIpc) is 1.79. The number of thiol groups is 4. The van der Waals surface area contributed by atoms with Crippen molar-refractivity contribution in [2.45, 2.75) is 183 Å². The lowest BCUT2D eigenvalue weighted by atomic mass is 10.0. The number of nitrogens with two attached hydrogens (primary N) is 4. The van der Waals surface area contributed by atoms with Gasteiger partial charge in [0, 0.05) is 62.0 Å². The van der Waals surface area contributed by atoms with Gasteiger partial charge in [-0.05, 0) is 95.9 Å². The number of carboxylic acids is 3. The number of carboxylic acid groups (broad SMARTS) is 3. The van der Waals surface area contributed by atoms with E-state index in [2.05, 4.69) is 98.0 Å². The van der Waals surface area contributed by atoms with Gasteiger partial charge < -0.3 is 95.5 Å². The summed E-state index contributed by atoms with van der Waals surface area (Å²) in [6, 6.07) is -15.8. The highest BCUT2D eigenvalue weighted by Gasteiger charge is 2.46. The van der Waals surface area contributed by atoms with Gasteiger partial charge in [-0.15, -0.1) is 0 Å². The minimum atomic E-state index is -1.64. The molecule has 3 rings (SSSR count). The standard InChI is InChI=1S/C54H90N16O17S4/c1-27(2)41(67-47(80)33(24-89)64-46(79)32(23-88)63-44(77)29(9-3-4-18-55)61-43(76)30(10-5-19-59-54(57)58)60-42(75)28(56)14-16-39(71)72)49(82)62-31(15-17-40(73)74)45(78)65-34(25-90)50(83)69-21-7-12-37(69)52(85)68-20-6-11-36(68)48(81)66-35(26-91)51(84)70-22-8-13-38(70)53(86)87/h27-38,41,88-91H,3-26,55-56H2,1-2H3,(H,60,75)(H,61,76)(H,62,82)(H,63,77)(H,64,79)(H,65,78)(H,66,81)(H,67,80)(H,71,72)(H,73,74)(H,86,87)(H4,57,58,59)/t28-,29-,30-,31-,32-,33-,34-,35-,36-,37-,38-,41-/m0/s1. The molecule has 0 bridgehead atoms. The van der Waals surface area contributed by atoms with Crippen molar-refractivity contribution in [3.05, 3.63) is 0 Å². The predicted octanol–water partition coefficient (Wildman–Crippen LogP) is -5.46. The molecule has 0 radical (unpaired) electrons. The Morgan fingerprint density at radius 2 is 0.890 bits per heavy atom. The summed E-state index contributed by atoms with van der Waals surface area (Å²) in [7, 11) is 0. The fraction of sp³-hybridized carbons (Fsp3) is 0.722. The number of nitrogens with one attached hydrogen (secondary N) is 8. The molecule has 91 heavy (non-hydrogen) atoms. The Labute approximate surface area is 548 Å². The highest BCUT2D eigenvalue weighted by molar-refractivity contribution is 7.80. The first-order valence-corrected chi connectivity index (χ1v) is 32.5.